The van der Waals surface area contributed by atoms with Gasteiger partial charge in [0.1, 0.15) is 5.56 Å². The summed E-state index contributed by atoms with van der Waals surface area (Å²) in [5.74, 6) is 2.52. The molecule has 3 rings (SSSR count). The van der Waals surface area contributed by atoms with E-state index in [4.69, 9.17) is 9.47 Å². The lowest BCUT2D eigenvalue weighted by Crippen LogP contribution is -2.50. The minimum Gasteiger partial charge on any atom is -0.480 e. The maximum atomic E-state index is 13.1. The Labute approximate surface area is 147 Å². The number of thioether (sulfide) groups is 1. The van der Waals surface area contributed by atoms with Gasteiger partial charge in [-0.05, 0) is 24.3 Å². The molecule has 0 aromatic carbocycles. The van der Waals surface area contributed by atoms with Gasteiger partial charge in [-0.3, -0.25) is 9.69 Å². The number of ether oxygens (including phenoxy) is 2. The molecule has 1 amide bonds. The molecule has 1 aromatic heterocycles. The number of morpholine rings is 1. The normalized spacial score (nSPS) is 22.9. The smallest absolute Gasteiger partial charge is 0.259 e. The number of rotatable bonds is 4. The Bertz CT molecular complexity index is 552. The van der Waals surface area contributed by atoms with E-state index in [1.807, 2.05) is 16.7 Å². The van der Waals surface area contributed by atoms with Crippen molar-refractivity contribution in [2.45, 2.75) is 12.5 Å². The van der Waals surface area contributed by atoms with Crippen molar-refractivity contribution >= 4 is 17.7 Å². The zero-order valence-corrected chi connectivity index (χ0v) is 15.0. The zero-order valence-electron chi connectivity index (χ0n) is 14.1. The summed E-state index contributed by atoms with van der Waals surface area (Å²) in [5.41, 5.74) is 0.555. The third-order valence-corrected chi connectivity index (χ3v) is 5.66. The molecule has 2 saturated heterocycles. The summed E-state index contributed by atoms with van der Waals surface area (Å²) < 4.78 is 10.7. The molecule has 7 heteroatoms. The van der Waals surface area contributed by atoms with E-state index in [1.54, 1.807) is 25.4 Å². The molecule has 0 spiro atoms. The van der Waals surface area contributed by atoms with Crippen molar-refractivity contribution in [2.24, 2.45) is 0 Å². The van der Waals surface area contributed by atoms with Crippen molar-refractivity contribution in [2.75, 3.05) is 58.0 Å². The van der Waals surface area contributed by atoms with Crippen molar-refractivity contribution in [3.05, 3.63) is 23.9 Å². The van der Waals surface area contributed by atoms with E-state index in [-0.39, 0.29) is 11.9 Å². The largest absolute Gasteiger partial charge is 0.480 e. The van der Waals surface area contributed by atoms with Crippen LogP contribution in [-0.2, 0) is 4.74 Å². The summed E-state index contributed by atoms with van der Waals surface area (Å²) in [6.45, 7) is 5.15. The number of carbonyl (C=O) groups is 1. The predicted molar refractivity (Wildman–Crippen MR) is 94.8 cm³/mol. The van der Waals surface area contributed by atoms with Gasteiger partial charge < -0.3 is 14.4 Å². The fourth-order valence-electron chi connectivity index (χ4n) is 3.20. The van der Waals surface area contributed by atoms with Crippen molar-refractivity contribution in [1.82, 2.24) is 14.8 Å². The lowest BCUT2D eigenvalue weighted by Gasteiger charge is -2.35. The summed E-state index contributed by atoms with van der Waals surface area (Å²) in [4.78, 5) is 21.7. The third-order valence-electron chi connectivity index (χ3n) is 4.47. The van der Waals surface area contributed by atoms with Crippen LogP contribution in [0.1, 0.15) is 16.8 Å². The van der Waals surface area contributed by atoms with E-state index >= 15 is 0 Å². The van der Waals surface area contributed by atoms with E-state index in [2.05, 4.69) is 9.88 Å². The first-order chi connectivity index (χ1) is 11.8. The van der Waals surface area contributed by atoms with Crippen LogP contribution in [-0.4, -0.2) is 84.7 Å². The van der Waals surface area contributed by atoms with Gasteiger partial charge in [0.25, 0.3) is 5.91 Å². The van der Waals surface area contributed by atoms with Gasteiger partial charge in [0.05, 0.1) is 26.4 Å². The Morgan fingerprint density at radius 1 is 1.42 bits per heavy atom. The molecular weight excluding hydrogens is 326 g/mol. The topological polar surface area (TPSA) is 54.9 Å². The molecule has 2 aliphatic heterocycles. The van der Waals surface area contributed by atoms with Gasteiger partial charge in [-0.15, -0.1) is 0 Å². The number of hydrogen-bond donors (Lipinski definition) is 0. The Kier molecular flexibility index (Phi) is 6.34. The quantitative estimate of drug-likeness (QED) is 0.817. The van der Waals surface area contributed by atoms with Gasteiger partial charge >= 0.3 is 0 Å². The Morgan fingerprint density at radius 2 is 2.25 bits per heavy atom. The number of nitrogens with zero attached hydrogens (tertiary/aromatic N) is 3. The highest BCUT2D eigenvalue weighted by atomic mass is 32.2. The van der Waals surface area contributed by atoms with Crippen molar-refractivity contribution in [1.29, 1.82) is 0 Å². The Balaban J connectivity index is 1.77. The minimum atomic E-state index is 0.0284. The maximum Gasteiger partial charge on any atom is 0.259 e. The lowest BCUT2D eigenvalue weighted by atomic mass is 10.1. The Morgan fingerprint density at radius 3 is 3.04 bits per heavy atom. The van der Waals surface area contributed by atoms with Crippen molar-refractivity contribution in [3.8, 4) is 5.88 Å². The van der Waals surface area contributed by atoms with Crippen molar-refractivity contribution < 1.29 is 14.3 Å². The first-order valence-electron chi connectivity index (χ1n) is 8.47. The van der Waals surface area contributed by atoms with Crippen LogP contribution in [0.3, 0.4) is 0 Å². The third kappa shape index (κ3) is 4.20. The highest BCUT2D eigenvalue weighted by Gasteiger charge is 2.30. The minimum absolute atomic E-state index is 0.0284. The molecule has 24 heavy (non-hydrogen) atoms. The average Bonchev–Trinajstić information content (AvgIpc) is 2.87. The molecule has 6 nitrogen and oxygen atoms in total. The van der Waals surface area contributed by atoms with Gasteiger partial charge in [0.2, 0.25) is 5.88 Å². The van der Waals surface area contributed by atoms with Gasteiger partial charge in [-0.2, -0.15) is 11.8 Å². The second kappa shape index (κ2) is 8.69. The molecule has 2 aliphatic rings. The average molecular weight is 351 g/mol. The molecule has 2 fully saturated rings. The van der Waals surface area contributed by atoms with E-state index < -0.39 is 0 Å². The molecule has 1 atom stereocenters. The summed E-state index contributed by atoms with van der Waals surface area (Å²) >= 11 is 1.94. The van der Waals surface area contributed by atoms with Crippen LogP contribution in [0.15, 0.2) is 18.3 Å². The summed E-state index contributed by atoms with van der Waals surface area (Å²) in [6.07, 6.45) is 2.68. The molecular formula is C17H25N3O3S. The van der Waals surface area contributed by atoms with E-state index in [0.717, 1.165) is 57.3 Å². The van der Waals surface area contributed by atoms with Crippen LogP contribution in [0, 0.1) is 0 Å². The lowest BCUT2D eigenvalue weighted by molar-refractivity contribution is 0.0244. The second-order valence-corrected chi connectivity index (χ2v) is 7.20. The Hall–Kier alpha value is -1.31. The molecule has 132 valence electrons. The van der Waals surface area contributed by atoms with E-state index in [1.165, 1.54) is 0 Å². The van der Waals surface area contributed by atoms with E-state index in [0.29, 0.717) is 11.4 Å². The molecule has 0 aliphatic carbocycles. The molecule has 0 bridgehead atoms. The molecule has 0 N–H and O–H groups in total. The van der Waals surface area contributed by atoms with Gasteiger partial charge in [0.15, 0.2) is 0 Å². The second-order valence-electron chi connectivity index (χ2n) is 6.05. The maximum absolute atomic E-state index is 13.1. The molecule has 1 unspecified atom stereocenters. The number of carbonyl (C=O) groups excluding carboxylic acids is 1. The number of amides is 1. The van der Waals surface area contributed by atoms with Gasteiger partial charge in [0, 0.05) is 38.1 Å². The van der Waals surface area contributed by atoms with E-state index in [9.17, 15) is 4.79 Å². The number of methoxy groups -OCH3 is 1. The molecule has 3 heterocycles. The summed E-state index contributed by atoms with van der Waals surface area (Å²) in [6, 6.07) is 3.81. The SMILES string of the molecule is COc1ncccc1C(=O)N1CCCSCC1CN1CCOCC1. The number of pyridine rings is 1. The monoisotopic (exact) mass is 351 g/mol. The zero-order chi connectivity index (χ0) is 16.8. The summed E-state index contributed by atoms with van der Waals surface area (Å²) in [7, 11) is 1.56. The first kappa shape index (κ1) is 17.5. The molecule has 0 radical (unpaired) electrons. The number of aromatic nitrogens is 1. The highest BCUT2D eigenvalue weighted by molar-refractivity contribution is 7.99. The van der Waals surface area contributed by atoms with Gasteiger partial charge in [-0.25, -0.2) is 4.98 Å². The molecule has 0 saturated carbocycles. The van der Waals surface area contributed by atoms with Crippen LogP contribution >= 0.6 is 11.8 Å². The van der Waals surface area contributed by atoms with Crippen molar-refractivity contribution in [3.63, 3.8) is 0 Å². The number of hydrogen-bond acceptors (Lipinski definition) is 6. The van der Waals surface area contributed by atoms with Crippen LogP contribution in [0.5, 0.6) is 5.88 Å². The van der Waals surface area contributed by atoms with Gasteiger partial charge in [-0.1, -0.05) is 0 Å². The van der Waals surface area contributed by atoms with Crippen LogP contribution in [0.4, 0.5) is 0 Å². The van der Waals surface area contributed by atoms with Crippen LogP contribution in [0.25, 0.3) is 0 Å². The van der Waals surface area contributed by atoms with Crippen LogP contribution < -0.4 is 4.74 Å². The fraction of sp³-hybridized carbons (Fsp3) is 0.647. The van der Waals surface area contributed by atoms with Crippen LogP contribution in [0.2, 0.25) is 0 Å². The first-order valence-corrected chi connectivity index (χ1v) is 9.63. The highest BCUT2D eigenvalue weighted by Crippen LogP contribution is 2.23. The standard InChI is InChI=1S/C17H25N3O3S/c1-22-16-15(4-2-5-18-16)17(21)20-6-3-11-24-13-14(20)12-19-7-9-23-10-8-19/h2,4-5,14H,3,6-13H2,1H3. The predicted octanol–water partition coefficient (Wildman–Crippen LogP) is 1.37. The fourth-order valence-corrected chi connectivity index (χ4v) is 4.26. The molecule has 1 aromatic rings. The summed E-state index contributed by atoms with van der Waals surface area (Å²) in [5, 5.41) is 0.